The molecule has 7 heteroatoms. The van der Waals surface area contributed by atoms with Crippen LogP contribution in [0.4, 0.5) is 5.69 Å². The molecule has 0 radical (unpaired) electrons. The van der Waals surface area contributed by atoms with Gasteiger partial charge in [0.2, 0.25) is 11.8 Å². The van der Waals surface area contributed by atoms with Crippen LogP contribution in [0.15, 0.2) is 30.6 Å². The molecule has 1 aliphatic rings. The van der Waals surface area contributed by atoms with Crippen LogP contribution < -0.4 is 15.5 Å². The average molecular weight is 369 g/mol. The molecule has 0 aliphatic carbocycles. The number of carbonyl (C=O) groups is 2. The zero-order valence-electron chi connectivity index (χ0n) is 16.3. The molecule has 2 amide bonds. The van der Waals surface area contributed by atoms with E-state index in [9.17, 15) is 9.59 Å². The second-order valence-electron chi connectivity index (χ2n) is 7.10. The van der Waals surface area contributed by atoms with Gasteiger partial charge in [-0.15, -0.1) is 0 Å². The Morgan fingerprint density at radius 2 is 2.04 bits per heavy atom. The summed E-state index contributed by atoms with van der Waals surface area (Å²) in [7, 11) is 1.91. The second kappa shape index (κ2) is 7.92. The van der Waals surface area contributed by atoms with Gasteiger partial charge in [-0.1, -0.05) is 6.07 Å². The largest absolute Gasteiger partial charge is 0.349 e. The minimum Gasteiger partial charge on any atom is -0.349 e. The maximum absolute atomic E-state index is 12.2. The fraction of sp³-hybridized carbons (Fsp3) is 0.450. The summed E-state index contributed by atoms with van der Waals surface area (Å²) in [5.41, 5.74) is 3.88. The summed E-state index contributed by atoms with van der Waals surface area (Å²) in [6.45, 7) is 6.77. The van der Waals surface area contributed by atoms with E-state index < -0.39 is 0 Å². The summed E-state index contributed by atoms with van der Waals surface area (Å²) in [4.78, 5) is 25.7. The molecular weight excluding hydrogens is 342 g/mol. The molecule has 27 heavy (non-hydrogen) atoms. The third-order valence-corrected chi connectivity index (χ3v) is 4.95. The topological polar surface area (TPSA) is 79.3 Å². The van der Waals surface area contributed by atoms with Crippen LogP contribution in [0, 0.1) is 0 Å². The number of likely N-dealkylation sites (N-methyl/N-ethyl adjacent to an activating group) is 1. The number of rotatable bonds is 5. The van der Waals surface area contributed by atoms with Gasteiger partial charge >= 0.3 is 0 Å². The van der Waals surface area contributed by atoms with Crippen LogP contribution in [0.3, 0.4) is 0 Å². The molecule has 0 fully saturated rings. The molecule has 0 saturated heterocycles. The van der Waals surface area contributed by atoms with Crippen molar-refractivity contribution in [3.63, 3.8) is 0 Å². The first-order valence-corrected chi connectivity index (χ1v) is 9.29. The third-order valence-electron chi connectivity index (χ3n) is 4.95. The standard InChI is InChI=1S/C20H27N5O2/c1-13-9-19(23-14(2)26)18-10-16(5-6-20(18)25(13)15(3)27)17-11-22-24(12-17)8-7-21-4/h5-6,10-13,19,21H,7-9H2,1-4H3,(H,23,26)/t13-,19+/m0/s1. The highest BCUT2D eigenvalue weighted by atomic mass is 16.2. The maximum atomic E-state index is 12.2. The van der Waals surface area contributed by atoms with E-state index in [4.69, 9.17) is 0 Å². The number of aromatic nitrogens is 2. The fourth-order valence-corrected chi connectivity index (χ4v) is 3.77. The van der Waals surface area contributed by atoms with Gasteiger partial charge in [-0.3, -0.25) is 14.3 Å². The number of amides is 2. The number of hydrogen-bond donors (Lipinski definition) is 2. The molecule has 0 bridgehead atoms. The number of benzene rings is 1. The van der Waals surface area contributed by atoms with Gasteiger partial charge in [-0.05, 0) is 43.7 Å². The summed E-state index contributed by atoms with van der Waals surface area (Å²) in [6.07, 6.45) is 4.55. The quantitative estimate of drug-likeness (QED) is 0.846. The van der Waals surface area contributed by atoms with Gasteiger partial charge in [-0.25, -0.2) is 0 Å². The van der Waals surface area contributed by atoms with Crippen molar-refractivity contribution in [1.82, 2.24) is 20.4 Å². The van der Waals surface area contributed by atoms with E-state index in [0.29, 0.717) is 6.42 Å². The van der Waals surface area contributed by atoms with Crippen LogP contribution in [0.1, 0.15) is 38.8 Å². The van der Waals surface area contributed by atoms with Crippen molar-refractivity contribution in [2.45, 2.75) is 45.8 Å². The SMILES string of the molecule is CNCCn1cc(-c2ccc3c(c2)[C@H](NC(C)=O)C[C@H](C)N3C(C)=O)cn1. The van der Waals surface area contributed by atoms with E-state index in [2.05, 4.69) is 21.8 Å². The minimum atomic E-state index is -0.109. The zero-order chi connectivity index (χ0) is 19.6. The highest BCUT2D eigenvalue weighted by Crippen LogP contribution is 2.39. The van der Waals surface area contributed by atoms with E-state index in [-0.39, 0.29) is 23.9 Å². The predicted molar refractivity (Wildman–Crippen MR) is 105 cm³/mol. The first kappa shape index (κ1) is 19.1. The lowest BCUT2D eigenvalue weighted by Crippen LogP contribution is -2.45. The number of fused-ring (bicyclic) bond motifs is 1. The highest BCUT2D eigenvalue weighted by molar-refractivity contribution is 5.94. The van der Waals surface area contributed by atoms with Gasteiger partial charge < -0.3 is 15.5 Å². The van der Waals surface area contributed by atoms with Crippen LogP contribution >= 0.6 is 0 Å². The van der Waals surface area contributed by atoms with Gasteiger partial charge in [0.05, 0.1) is 18.8 Å². The molecule has 2 N–H and O–H groups in total. The first-order valence-electron chi connectivity index (χ1n) is 9.29. The zero-order valence-corrected chi connectivity index (χ0v) is 16.3. The lowest BCUT2D eigenvalue weighted by Gasteiger charge is -2.39. The number of hydrogen-bond acceptors (Lipinski definition) is 4. The van der Waals surface area contributed by atoms with Crippen LogP contribution in [0.2, 0.25) is 0 Å². The van der Waals surface area contributed by atoms with Crippen molar-refractivity contribution in [3.05, 3.63) is 36.2 Å². The molecule has 144 valence electrons. The number of nitrogens with zero attached hydrogens (tertiary/aromatic N) is 3. The molecule has 1 aliphatic heterocycles. The van der Waals surface area contributed by atoms with Crippen LogP contribution in [0.25, 0.3) is 11.1 Å². The Hall–Kier alpha value is -2.67. The van der Waals surface area contributed by atoms with Gasteiger partial charge in [0.1, 0.15) is 0 Å². The Morgan fingerprint density at radius 3 is 2.70 bits per heavy atom. The van der Waals surface area contributed by atoms with E-state index in [1.54, 1.807) is 6.92 Å². The van der Waals surface area contributed by atoms with Gasteiger partial charge in [0, 0.05) is 43.9 Å². The molecule has 0 saturated carbocycles. The number of nitrogens with one attached hydrogen (secondary N) is 2. The summed E-state index contributed by atoms with van der Waals surface area (Å²) in [5.74, 6) is -0.0580. The summed E-state index contributed by atoms with van der Waals surface area (Å²) in [6, 6.07) is 5.97. The Labute approximate surface area is 159 Å². The van der Waals surface area contributed by atoms with Gasteiger partial charge in [0.15, 0.2) is 0 Å². The molecule has 1 aromatic heterocycles. The monoisotopic (exact) mass is 369 g/mol. The minimum absolute atomic E-state index is 0.0117. The lowest BCUT2D eigenvalue weighted by molar-refractivity contribution is -0.119. The third kappa shape index (κ3) is 4.03. The molecule has 2 aromatic rings. The van der Waals surface area contributed by atoms with Crippen molar-refractivity contribution in [2.75, 3.05) is 18.5 Å². The Bertz CT molecular complexity index is 845. The van der Waals surface area contributed by atoms with Crippen molar-refractivity contribution in [2.24, 2.45) is 0 Å². The van der Waals surface area contributed by atoms with E-state index >= 15 is 0 Å². The van der Waals surface area contributed by atoms with Crippen molar-refractivity contribution < 1.29 is 9.59 Å². The van der Waals surface area contributed by atoms with Crippen molar-refractivity contribution in [1.29, 1.82) is 0 Å². The van der Waals surface area contributed by atoms with Crippen LogP contribution in [-0.2, 0) is 16.1 Å². The normalized spacial score (nSPS) is 18.9. The number of carbonyl (C=O) groups excluding carboxylic acids is 2. The molecule has 1 aromatic carbocycles. The van der Waals surface area contributed by atoms with E-state index in [1.165, 1.54) is 6.92 Å². The first-order chi connectivity index (χ1) is 12.9. The molecule has 7 nitrogen and oxygen atoms in total. The summed E-state index contributed by atoms with van der Waals surface area (Å²) >= 11 is 0. The maximum Gasteiger partial charge on any atom is 0.224 e. The average Bonchev–Trinajstić information content (AvgIpc) is 3.07. The summed E-state index contributed by atoms with van der Waals surface area (Å²) in [5, 5.41) is 10.6. The van der Waals surface area contributed by atoms with E-state index in [1.807, 2.05) is 48.1 Å². The molecular formula is C20H27N5O2. The second-order valence-corrected chi connectivity index (χ2v) is 7.10. The predicted octanol–water partition coefficient (Wildman–Crippen LogP) is 2.09. The molecule has 0 unspecified atom stereocenters. The fourth-order valence-electron chi connectivity index (χ4n) is 3.77. The molecule has 2 atom stereocenters. The van der Waals surface area contributed by atoms with Crippen LogP contribution in [-0.4, -0.2) is 41.2 Å². The summed E-state index contributed by atoms with van der Waals surface area (Å²) < 4.78 is 1.90. The van der Waals surface area contributed by atoms with Crippen molar-refractivity contribution in [3.8, 4) is 11.1 Å². The van der Waals surface area contributed by atoms with Crippen LogP contribution in [0.5, 0.6) is 0 Å². The Balaban J connectivity index is 1.99. The lowest BCUT2D eigenvalue weighted by atomic mass is 9.89. The Kier molecular flexibility index (Phi) is 5.60. The highest BCUT2D eigenvalue weighted by Gasteiger charge is 2.33. The van der Waals surface area contributed by atoms with E-state index in [0.717, 1.165) is 35.5 Å². The molecule has 0 spiro atoms. The number of anilines is 1. The van der Waals surface area contributed by atoms with Gasteiger partial charge in [0.25, 0.3) is 0 Å². The van der Waals surface area contributed by atoms with Crippen molar-refractivity contribution >= 4 is 17.5 Å². The smallest absolute Gasteiger partial charge is 0.224 e. The molecule has 3 rings (SSSR count). The Morgan fingerprint density at radius 1 is 1.26 bits per heavy atom. The van der Waals surface area contributed by atoms with Gasteiger partial charge in [-0.2, -0.15) is 5.10 Å². The molecule has 2 heterocycles.